The van der Waals surface area contributed by atoms with Gasteiger partial charge in [0.05, 0.1) is 12.3 Å². The molecule has 0 saturated carbocycles. The monoisotopic (exact) mass is 312 g/mol. The summed E-state index contributed by atoms with van der Waals surface area (Å²) in [6.45, 7) is 1.57. The highest BCUT2D eigenvalue weighted by molar-refractivity contribution is 5.78. The lowest BCUT2D eigenvalue weighted by molar-refractivity contribution is 0.145. The summed E-state index contributed by atoms with van der Waals surface area (Å²) < 4.78 is 15.3. The number of aromatic nitrogens is 3. The quantitative estimate of drug-likeness (QED) is 0.790. The first-order chi connectivity index (χ1) is 11.2. The summed E-state index contributed by atoms with van der Waals surface area (Å²) in [5, 5.41) is 14.1. The van der Waals surface area contributed by atoms with E-state index in [-0.39, 0.29) is 11.9 Å². The van der Waals surface area contributed by atoms with Crippen molar-refractivity contribution in [1.82, 2.24) is 14.6 Å². The maximum atomic E-state index is 13.5. The van der Waals surface area contributed by atoms with E-state index in [0.717, 1.165) is 42.9 Å². The van der Waals surface area contributed by atoms with Gasteiger partial charge in [-0.1, -0.05) is 12.1 Å². The largest absolute Gasteiger partial charge is 0.393 e. The molecular weight excluding hydrogens is 295 g/mol. The lowest BCUT2D eigenvalue weighted by atomic mass is 10.1. The summed E-state index contributed by atoms with van der Waals surface area (Å²) in [6.07, 6.45) is 4.76. The van der Waals surface area contributed by atoms with Crippen LogP contribution < -0.4 is 4.90 Å². The average Bonchev–Trinajstić information content (AvgIpc) is 3.00. The fourth-order valence-electron chi connectivity index (χ4n) is 3.07. The lowest BCUT2D eigenvalue weighted by Crippen LogP contribution is -2.36. The van der Waals surface area contributed by atoms with Crippen LogP contribution in [0.1, 0.15) is 12.8 Å². The number of anilines is 1. The van der Waals surface area contributed by atoms with Gasteiger partial charge < -0.3 is 10.0 Å². The zero-order valence-electron chi connectivity index (χ0n) is 12.6. The lowest BCUT2D eigenvalue weighted by Gasteiger charge is -2.31. The second kappa shape index (κ2) is 5.62. The maximum absolute atomic E-state index is 13.5. The Labute approximate surface area is 133 Å². The van der Waals surface area contributed by atoms with E-state index in [1.165, 1.54) is 12.1 Å². The molecule has 2 aromatic heterocycles. The predicted octanol–water partition coefficient (Wildman–Crippen LogP) is 2.50. The average molecular weight is 312 g/mol. The van der Waals surface area contributed by atoms with Crippen molar-refractivity contribution in [3.8, 4) is 11.1 Å². The van der Waals surface area contributed by atoms with Crippen molar-refractivity contribution in [3.05, 3.63) is 48.5 Å². The van der Waals surface area contributed by atoms with Gasteiger partial charge in [0.2, 0.25) is 0 Å². The number of nitrogens with zero attached hydrogens (tertiary/aromatic N) is 4. The van der Waals surface area contributed by atoms with Gasteiger partial charge in [0.1, 0.15) is 11.6 Å². The van der Waals surface area contributed by atoms with Gasteiger partial charge in [0.25, 0.3) is 0 Å². The second-order valence-electron chi connectivity index (χ2n) is 5.83. The minimum absolute atomic E-state index is 0.218. The van der Waals surface area contributed by atoms with Crippen LogP contribution in [0, 0.1) is 5.82 Å². The van der Waals surface area contributed by atoms with E-state index in [1.807, 2.05) is 12.1 Å². The van der Waals surface area contributed by atoms with Crippen LogP contribution in [0.2, 0.25) is 0 Å². The van der Waals surface area contributed by atoms with E-state index >= 15 is 0 Å². The minimum Gasteiger partial charge on any atom is -0.393 e. The van der Waals surface area contributed by atoms with Gasteiger partial charge in [-0.3, -0.25) is 0 Å². The molecule has 4 rings (SSSR count). The minimum atomic E-state index is -0.275. The Morgan fingerprint density at radius 3 is 2.78 bits per heavy atom. The molecule has 0 spiro atoms. The third kappa shape index (κ3) is 2.55. The highest BCUT2D eigenvalue weighted by Gasteiger charge is 2.20. The molecule has 1 aliphatic rings. The van der Waals surface area contributed by atoms with E-state index in [1.54, 1.807) is 23.0 Å². The SMILES string of the molecule is OC1CCN(c2ccnc3c(-c4cccc(F)c4)cnn23)CC1. The molecule has 1 aliphatic heterocycles. The van der Waals surface area contributed by atoms with Crippen LogP contribution in [-0.4, -0.2) is 38.9 Å². The summed E-state index contributed by atoms with van der Waals surface area (Å²) in [5.74, 6) is 0.674. The van der Waals surface area contributed by atoms with Crippen molar-refractivity contribution >= 4 is 11.5 Å². The Morgan fingerprint density at radius 2 is 2.00 bits per heavy atom. The number of aliphatic hydroxyl groups excluding tert-OH is 1. The van der Waals surface area contributed by atoms with Gasteiger partial charge in [-0.2, -0.15) is 9.61 Å². The standard InChI is InChI=1S/C17H17FN4O/c18-13-3-1-2-12(10-13)15-11-20-22-16(4-7-19-17(15)22)21-8-5-14(23)6-9-21/h1-4,7,10-11,14,23H,5-6,8-9H2. The molecule has 3 heterocycles. The summed E-state index contributed by atoms with van der Waals surface area (Å²) >= 11 is 0. The predicted molar refractivity (Wildman–Crippen MR) is 85.8 cm³/mol. The zero-order chi connectivity index (χ0) is 15.8. The molecule has 0 radical (unpaired) electrons. The fraction of sp³-hybridized carbons (Fsp3) is 0.294. The molecule has 0 aliphatic carbocycles. The topological polar surface area (TPSA) is 53.7 Å². The van der Waals surface area contributed by atoms with Crippen molar-refractivity contribution in [1.29, 1.82) is 0 Å². The molecule has 118 valence electrons. The van der Waals surface area contributed by atoms with Gasteiger partial charge in [-0.05, 0) is 36.6 Å². The number of halogens is 1. The molecule has 0 unspecified atom stereocenters. The summed E-state index contributed by atoms with van der Waals surface area (Å²) in [4.78, 5) is 6.62. The first kappa shape index (κ1) is 14.1. The van der Waals surface area contributed by atoms with Crippen LogP contribution in [0.15, 0.2) is 42.7 Å². The molecule has 3 aromatic rings. The van der Waals surface area contributed by atoms with Gasteiger partial charge >= 0.3 is 0 Å². The first-order valence-corrected chi connectivity index (χ1v) is 7.74. The van der Waals surface area contributed by atoms with Crippen LogP contribution >= 0.6 is 0 Å². The number of aliphatic hydroxyl groups is 1. The van der Waals surface area contributed by atoms with E-state index in [0.29, 0.717) is 5.65 Å². The second-order valence-corrected chi connectivity index (χ2v) is 5.83. The highest BCUT2D eigenvalue weighted by Crippen LogP contribution is 2.27. The molecule has 1 N–H and O–H groups in total. The molecule has 0 atom stereocenters. The molecule has 1 fully saturated rings. The molecule has 0 bridgehead atoms. The Morgan fingerprint density at radius 1 is 1.17 bits per heavy atom. The maximum Gasteiger partial charge on any atom is 0.165 e. The molecule has 0 amide bonds. The third-order valence-corrected chi connectivity index (χ3v) is 4.31. The van der Waals surface area contributed by atoms with Crippen molar-refractivity contribution < 1.29 is 9.50 Å². The smallest absolute Gasteiger partial charge is 0.165 e. The van der Waals surface area contributed by atoms with Crippen LogP contribution in [0.5, 0.6) is 0 Å². The van der Waals surface area contributed by atoms with Crippen LogP contribution in [0.25, 0.3) is 16.8 Å². The van der Waals surface area contributed by atoms with Gasteiger partial charge in [0, 0.05) is 24.8 Å². The Balaban J connectivity index is 1.78. The van der Waals surface area contributed by atoms with Gasteiger partial charge in [-0.15, -0.1) is 0 Å². The molecule has 1 saturated heterocycles. The van der Waals surface area contributed by atoms with Crippen molar-refractivity contribution in [2.75, 3.05) is 18.0 Å². The molecule has 5 nitrogen and oxygen atoms in total. The Bertz CT molecular complexity index is 839. The van der Waals surface area contributed by atoms with E-state index in [2.05, 4.69) is 15.0 Å². The molecule has 23 heavy (non-hydrogen) atoms. The Kier molecular flexibility index (Phi) is 3.46. The summed E-state index contributed by atoms with van der Waals surface area (Å²) in [6, 6.07) is 8.37. The molecular formula is C17H17FN4O. The van der Waals surface area contributed by atoms with Crippen molar-refractivity contribution in [3.63, 3.8) is 0 Å². The van der Waals surface area contributed by atoms with Crippen molar-refractivity contribution in [2.45, 2.75) is 18.9 Å². The number of benzene rings is 1. The highest BCUT2D eigenvalue weighted by atomic mass is 19.1. The number of piperidine rings is 1. The summed E-state index contributed by atoms with van der Waals surface area (Å²) in [7, 11) is 0. The Hall–Kier alpha value is -2.47. The number of fused-ring (bicyclic) bond motifs is 1. The van der Waals surface area contributed by atoms with Crippen LogP contribution in [0.4, 0.5) is 10.2 Å². The number of hydrogen-bond acceptors (Lipinski definition) is 4. The number of rotatable bonds is 2. The van der Waals surface area contributed by atoms with Crippen molar-refractivity contribution in [2.24, 2.45) is 0 Å². The van der Waals surface area contributed by atoms with E-state index in [9.17, 15) is 9.50 Å². The summed E-state index contributed by atoms with van der Waals surface area (Å²) in [5.41, 5.74) is 2.28. The van der Waals surface area contributed by atoms with E-state index < -0.39 is 0 Å². The van der Waals surface area contributed by atoms with Crippen LogP contribution in [0.3, 0.4) is 0 Å². The van der Waals surface area contributed by atoms with E-state index in [4.69, 9.17) is 0 Å². The van der Waals surface area contributed by atoms with Crippen LogP contribution in [-0.2, 0) is 0 Å². The third-order valence-electron chi connectivity index (χ3n) is 4.31. The van der Waals surface area contributed by atoms with Gasteiger partial charge in [-0.25, -0.2) is 9.37 Å². The molecule has 6 heteroatoms. The van der Waals surface area contributed by atoms with Gasteiger partial charge in [0.15, 0.2) is 5.65 Å². The fourth-order valence-corrected chi connectivity index (χ4v) is 3.07. The first-order valence-electron chi connectivity index (χ1n) is 7.74. The molecule has 1 aromatic carbocycles. The number of hydrogen-bond donors (Lipinski definition) is 1. The zero-order valence-corrected chi connectivity index (χ0v) is 12.6. The normalized spacial score (nSPS) is 16.2.